The van der Waals surface area contributed by atoms with Crippen LogP contribution in [-0.2, 0) is 11.4 Å². The van der Waals surface area contributed by atoms with Gasteiger partial charge in [-0.15, -0.1) is 10.2 Å². The molecule has 1 aromatic heterocycles. The molecular formula is C29H21ClN2O5S. The Balaban J connectivity index is 1.39. The number of hydrogen-bond acceptors (Lipinski definition) is 7. The highest BCUT2D eigenvalue weighted by atomic mass is 35.5. The number of hydrogen-bond donors (Lipinski definition) is 1. The third-order valence-electron chi connectivity index (χ3n) is 5.68. The fourth-order valence-electron chi connectivity index (χ4n) is 3.88. The molecule has 1 heterocycles. The van der Waals surface area contributed by atoms with Gasteiger partial charge in [0.1, 0.15) is 23.0 Å². The molecule has 0 aliphatic carbocycles. The highest BCUT2D eigenvalue weighted by Gasteiger charge is 2.19. The Bertz CT molecular complexity index is 1640. The van der Waals surface area contributed by atoms with Crippen molar-refractivity contribution in [3.63, 3.8) is 0 Å². The van der Waals surface area contributed by atoms with Crippen LogP contribution in [0.15, 0.2) is 99.5 Å². The molecule has 5 rings (SSSR count). The summed E-state index contributed by atoms with van der Waals surface area (Å²) in [6.45, 7) is 0.330. The van der Waals surface area contributed by atoms with Gasteiger partial charge in [0.15, 0.2) is 0 Å². The second-order valence-corrected chi connectivity index (χ2v) is 9.53. The molecule has 38 heavy (non-hydrogen) atoms. The predicted molar refractivity (Wildman–Crippen MR) is 147 cm³/mol. The second-order valence-electron chi connectivity index (χ2n) is 8.10. The van der Waals surface area contributed by atoms with E-state index in [4.69, 9.17) is 25.5 Å². The molecule has 0 bridgehead atoms. The van der Waals surface area contributed by atoms with Crippen molar-refractivity contribution < 1.29 is 23.8 Å². The van der Waals surface area contributed by atoms with Gasteiger partial charge < -0.3 is 19.0 Å². The van der Waals surface area contributed by atoms with Gasteiger partial charge in [-0.3, -0.25) is 0 Å². The van der Waals surface area contributed by atoms with Crippen LogP contribution in [0.2, 0.25) is 5.02 Å². The van der Waals surface area contributed by atoms with Crippen molar-refractivity contribution in [2.45, 2.75) is 11.8 Å². The van der Waals surface area contributed by atoms with E-state index >= 15 is 0 Å². The lowest BCUT2D eigenvalue weighted by atomic mass is 10.1. The molecule has 1 N–H and O–H groups in total. The third kappa shape index (κ3) is 5.66. The molecule has 0 radical (unpaired) electrons. The molecule has 4 aromatic carbocycles. The number of benzene rings is 4. The summed E-state index contributed by atoms with van der Waals surface area (Å²) in [7, 11) is 1.52. The molecule has 0 saturated carbocycles. The van der Waals surface area contributed by atoms with E-state index in [1.165, 1.54) is 13.2 Å². The van der Waals surface area contributed by atoms with Crippen LogP contribution in [0.3, 0.4) is 0 Å². The molecule has 0 aliphatic heterocycles. The summed E-state index contributed by atoms with van der Waals surface area (Å²) in [5, 5.41) is 20.7. The first-order chi connectivity index (χ1) is 18.5. The first-order valence-corrected chi connectivity index (χ1v) is 12.7. The van der Waals surface area contributed by atoms with Crippen LogP contribution in [0.1, 0.15) is 11.1 Å². The molecule has 0 amide bonds. The van der Waals surface area contributed by atoms with E-state index in [9.17, 15) is 9.90 Å². The lowest BCUT2D eigenvalue weighted by molar-refractivity contribution is -0.131. The number of fused-ring (bicyclic) bond motifs is 1. The van der Waals surface area contributed by atoms with Gasteiger partial charge in [0, 0.05) is 10.6 Å². The highest BCUT2D eigenvalue weighted by molar-refractivity contribution is 8.03. The summed E-state index contributed by atoms with van der Waals surface area (Å²) in [6.07, 6.45) is 1.52. The SMILES string of the molecule is COc1ccc(Cl)cc1-c1nnc(S/C(=C\c2ccccc2OCc2cccc3ccccc23)C(=O)O)o1. The zero-order chi connectivity index (χ0) is 26.5. The second kappa shape index (κ2) is 11.4. The van der Waals surface area contributed by atoms with Crippen LogP contribution in [0, 0.1) is 0 Å². The van der Waals surface area contributed by atoms with E-state index in [1.54, 1.807) is 30.3 Å². The van der Waals surface area contributed by atoms with E-state index < -0.39 is 5.97 Å². The molecule has 190 valence electrons. The Morgan fingerprint density at radius 1 is 1.00 bits per heavy atom. The standard InChI is InChI=1S/C29H21ClN2O5S/c1-35-25-14-13-21(30)16-23(25)27-31-32-29(37-27)38-26(28(33)34)15-19-8-3-5-12-24(19)36-17-20-10-6-9-18-7-2-4-11-22(18)20/h2-16H,17H2,1H3,(H,33,34)/b26-15-. The number of aromatic nitrogens is 2. The average Bonchev–Trinajstić information content (AvgIpc) is 3.40. The van der Waals surface area contributed by atoms with E-state index in [-0.39, 0.29) is 16.0 Å². The maximum absolute atomic E-state index is 12.1. The van der Waals surface area contributed by atoms with Gasteiger partial charge in [0.2, 0.25) is 0 Å². The highest BCUT2D eigenvalue weighted by Crippen LogP contribution is 2.35. The molecule has 0 saturated heterocycles. The topological polar surface area (TPSA) is 94.7 Å². The van der Waals surface area contributed by atoms with Crippen molar-refractivity contribution >= 4 is 46.2 Å². The van der Waals surface area contributed by atoms with Crippen molar-refractivity contribution in [1.82, 2.24) is 10.2 Å². The summed E-state index contributed by atoms with van der Waals surface area (Å²) in [5.74, 6) is 0.0740. The number of carboxylic acid groups (broad SMARTS) is 1. The molecule has 0 atom stereocenters. The Hall–Kier alpha value is -4.27. The Kier molecular flexibility index (Phi) is 7.62. The van der Waals surface area contributed by atoms with Crippen LogP contribution in [0.5, 0.6) is 11.5 Å². The summed E-state index contributed by atoms with van der Waals surface area (Å²) >= 11 is 6.95. The fraction of sp³-hybridized carbons (Fsp3) is 0.0690. The van der Waals surface area contributed by atoms with Gasteiger partial charge in [-0.05, 0) is 58.4 Å². The predicted octanol–water partition coefficient (Wildman–Crippen LogP) is 7.35. The van der Waals surface area contributed by atoms with Crippen LogP contribution in [0.4, 0.5) is 0 Å². The monoisotopic (exact) mass is 544 g/mol. The Morgan fingerprint density at radius 3 is 2.63 bits per heavy atom. The molecule has 5 aromatic rings. The van der Waals surface area contributed by atoms with Crippen LogP contribution in [0.25, 0.3) is 28.3 Å². The minimum absolute atomic E-state index is 0.0144. The minimum atomic E-state index is -1.14. The minimum Gasteiger partial charge on any atom is -0.496 e. The van der Waals surface area contributed by atoms with Crippen molar-refractivity contribution in [1.29, 1.82) is 0 Å². The van der Waals surface area contributed by atoms with Gasteiger partial charge >= 0.3 is 5.97 Å². The molecule has 9 heteroatoms. The van der Waals surface area contributed by atoms with Crippen LogP contribution >= 0.6 is 23.4 Å². The summed E-state index contributed by atoms with van der Waals surface area (Å²) < 4.78 is 17.2. The molecule has 7 nitrogen and oxygen atoms in total. The Morgan fingerprint density at radius 2 is 1.79 bits per heavy atom. The van der Waals surface area contributed by atoms with E-state index in [0.717, 1.165) is 28.1 Å². The number of methoxy groups -OCH3 is 1. The number of para-hydroxylation sites is 1. The number of carboxylic acids is 1. The number of rotatable bonds is 9. The first kappa shape index (κ1) is 25.4. The van der Waals surface area contributed by atoms with Crippen molar-refractivity contribution in [3.05, 3.63) is 106 Å². The van der Waals surface area contributed by atoms with Gasteiger partial charge in [0.25, 0.3) is 11.1 Å². The number of ether oxygens (including phenoxy) is 2. The van der Waals surface area contributed by atoms with Crippen LogP contribution < -0.4 is 9.47 Å². The van der Waals surface area contributed by atoms with E-state index in [2.05, 4.69) is 28.4 Å². The first-order valence-electron chi connectivity index (χ1n) is 11.5. The van der Waals surface area contributed by atoms with Crippen molar-refractivity contribution in [2.24, 2.45) is 0 Å². The van der Waals surface area contributed by atoms with E-state index in [1.807, 2.05) is 36.4 Å². The zero-order valence-electron chi connectivity index (χ0n) is 20.1. The van der Waals surface area contributed by atoms with Crippen molar-refractivity contribution in [3.8, 4) is 23.0 Å². The van der Waals surface area contributed by atoms with Gasteiger partial charge in [-0.1, -0.05) is 72.3 Å². The number of nitrogens with zero attached hydrogens (tertiary/aromatic N) is 2. The molecular weight excluding hydrogens is 524 g/mol. The molecule has 0 spiro atoms. The third-order valence-corrected chi connectivity index (χ3v) is 6.76. The number of thioether (sulfide) groups is 1. The molecule has 0 aliphatic rings. The fourth-order valence-corrected chi connectivity index (χ4v) is 4.72. The van der Waals surface area contributed by atoms with Gasteiger partial charge in [-0.2, -0.15) is 0 Å². The average molecular weight is 545 g/mol. The number of carbonyl (C=O) groups is 1. The molecule has 0 unspecified atom stereocenters. The van der Waals surface area contributed by atoms with Crippen molar-refractivity contribution in [2.75, 3.05) is 7.11 Å². The summed E-state index contributed by atoms with van der Waals surface area (Å²) in [6, 6.07) is 26.4. The normalized spacial score (nSPS) is 11.5. The zero-order valence-corrected chi connectivity index (χ0v) is 21.7. The van der Waals surface area contributed by atoms with Gasteiger partial charge in [0.05, 0.1) is 12.7 Å². The van der Waals surface area contributed by atoms with Crippen LogP contribution in [-0.4, -0.2) is 28.4 Å². The largest absolute Gasteiger partial charge is 0.496 e. The number of halogens is 1. The molecule has 0 fully saturated rings. The smallest absolute Gasteiger partial charge is 0.342 e. The number of aliphatic carboxylic acids is 1. The lowest BCUT2D eigenvalue weighted by Gasteiger charge is -2.12. The summed E-state index contributed by atoms with van der Waals surface area (Å²) in [5.41, 5.74) is 2.14. The lowest BCUT2D eigenvalue weighted by Crippen LogP contribution is -2.00. The van der Waals surface area contributed by atoms with E-state index in [0.29, 0.717) is 34.3 Å². The Labute approximate surface area is 227 Å². The van der Waals surface area contributed by atoms with Gasteiger partial charge in [-0.25, -0.2) is 4.79 Å². The maximum Gasteiger partial charge on any atom is 0.342 e. The summed E-state index contributed by atoms with van der Waals surface area (Å²) in [4.78, 5) is 12.1. The quantitative estimate of drug-likeness (QED) is 0.152. The maximum atomic E-state index is 12.1.